The molecule has 1 heterocycles. The summed E-state index contributed by atoms with van der Waals surface area (Å²) in [5.74, 6) is 1.03. The van der Waals surface area contributed by atoms with E-state index in [1.54, 1.807) is 0 Å². The third kappa shape index (κ3) is 2.95. The summed E-state index contributed by atoms with van der Waals surface area (Å²) in [6, 6.07) is 5.70. The summed E-state index contributed by atoms with van der Waals surface area (Å²) >= 11 is 0. The number of benzene rings is 1. The number of amides is 1. The lowest BCUT2D eigenvalue weighted by Crippen LogP contribution is -2.26. The first-order chi connectivity index (χ1) is 8.99. The number of carbonyl (C=O) groups excluding carboxylic acids is 1. The zero-order valence-electron chi connectivity index (χ0n) is 11.9. The molecule has 0 saturated carbocycles. The minimum absolute atomic E-state index is 0.0313. The van der Waals surface area contributed by atoms with Crippen LogP contribution >= 0.6 is 0 Å². The Morgan fingerprint density at radius 1 is 1.32 bits per heavy atom. The summed E-state index contributed by atoms with van der Waals surface area (Å²) in [7, 11) is 0. The first kappa shape index (κ1) is 13.6. The lowest BCUT2D eigenvalue weighted by Gasteiger charge is -2.13. The first-order valence-electron chi connectivity index (χ1n) is 6.67. The molecule has 4 heteroatoms. The molecule has 1 amide bonds. The van der Waals surface area contributed by atoms with Crippen molar-refractivity contribution >= 4 is 11.9 Å². The van der Waals surface area contributed by atoms with E-state index in [1.165, 1.54) is 5.56 Å². The Labute approximate surface area is 114 Å². The molecule has 0 radical (unpaired) electrons. The van der Waals surface area contributed by atoms with Gasteiger partial charge in [-0.1, -0.05) is 32.0 Å². The van der Waals surface area contributed by atoms with E-state index in [0.717, 1.165) is 11.1 Å². The van der Waals surface area contributed by atoms with Gasteiger partial charge >= 0.3 is 0 Å². The molecule has 4 nitrogen and oxygen atoms in total. The Balaban J connectivity index is 2.21. The minimum Gasteiger partial charge on any atom is -0.340 e. The van der Waals surface area contributed by atoms with Gasteiger partial charge in [-0.2, -0.15) is 0 Å². The molecule has 19 heavy (non-hydrogen) atoms. The zero-order chi connectivity index (χ0) is 14.0. The van der Waals surface area contributed by atoms with Gasteiger partial charge in [0.15, 0.2) is 5.96 Å². The highest BCUT2D eigenvalue weighted by atomic mass is 16.2. The largest absolute Gasteiger partial charge is 0.340 e. The van der Waals surface area contributed by atoms with Crippen LogP contribution in [0, 0.1) is 19.8 Å². The molecular weight excluding hydrogens is 238 g/mol. The summed E-state index contributed by atoms with van der Waals surface area (Å²) in [4.78, 5) is 16.4. The zero-order valence-corrected chi connectivity index (χ0v) is 11.9. The number of hydrogen-bond acceptors (Lipinski definition) is 2. The monoisotopic (exact) mass is 259 g/mol. The summed E-state index contributed by atoms with van der Waals surface area (Å²) in [5, 5.41) is 5.97. The van der Waals surface area contributed by atoms with E-state index < -0.39 is 0 Å². The topological polar surface area (TPSA) is 53.5 Å². The van der Waals surface area contributed by atoms with Crippen LogP contribution in [0.5, 0.6) is 0 Å². The van der Waals surface area contributed by atoms with E-state index >= 15 is 0 Å². The molecule has 1 unspecified atom stereocenters. The molecule has 0 spiro atoms. The molecule has 0 bridgehead atoms. The van der Waals surface area contributed by atoms with Crippen molar-refractivity contribution in [2.75, 3.05) is 6.54 Å². The predicted molar refractivity (Wildman–Crippen MR) is 77.1 cm³/mol. The molecule has 1 atom stereocenters. The van der Waals surface area contributed by atoms with Gasteiger partial charge in [-0.25, -0.2) is 0 Å². The quantitative estimate of drug-likeness (QED) is 0.873. The standard InChI is InChI=1S/C15H21N3O/c1-9(2)8-16-15-17-13(14(19)18-15)12-7-5-6-10(3)11(12)4/h5-7,9,13H,8H2,1-4H3,(H2,16,17,18,19). The second-order valence-corrected chi connectivity index (χ2v) is 5.44. The van der Waals surface area contributed by atoms with Crippen LogP contribution in [-0.2, 0) is 4.79 Å². The van der Waals surface area contributed by atoms with Crippen LogP contribution in [0.4, 0.5) is 0 Å². The van der Waals surface area contributed by atoms with Crippen LogP contribution < -0.4 is 10.6 Å². The molecule has 2 rings (SSSR count). The van der Waals surface area contributed by atoms with Crippen molar-refractivity contribution < 1.29 is 4.79 Å². The number of aryl methyl sites for hydroxylation is 1. The summed E-state index contributed by atoms with van der Waals surface area (Å²) in [6.07, 6.45) is 0. The van der Waals surface area contributed by atoms with Crippen molar-refractivity contribution in [3.05, 3.63) is 34.9 Å². The van der Waals surface area contributed by atoms with Crippen molar-refractivity contribution in [2.24, 2.45) is 10.9 Å². The molecule has 1 aromatic carbocycles. The maximum atomic E-state index is 12.0. The van der Waals surface area contributed by atoms with Crippen molar-refractivity contribution in [1.82, 2.24) is 10.6 Å². The van der Waals surface area contributed by atoms with Gasteiger partial charge in [-0.05, 0) is 36.5 Å². The van der Waals surface area contributed by atoms with Crippen molar-refractivity contribution in [2.45, 2.75) is 33.7 Å². The minimum atomic E-state index is -0.328. The Morgan fingerprint density at radius 2 is 2.05 bits per heavy atom. The smallest absolute Gasteiger partial charge is 0.253 e. The fraction of sp³-hybridized carbons (Fsp3) is 0.467. The Hall–Kier alpha value is -1.84. The van der Waals surface area contributed by atoms with Gasteiger partial charge in [0, 0.05) is 6.54 Å². The average Bonchev–Trinajstić information content (AvgIpc) is 2.71. The van der Waals surface area contributed by atoms with E-state index in [4.69, 9.17) is 0 Å². The molecule has 1 aliphatic heterocycles. The SMILES string of the molecule is Cc1cccc(C2NC(=NCC(C)C)NC2=O)c1C. The number of rotatable bonds is 3. The van der Waals surface area contributed by atoms with Gasteiger partial charge in [0.1, 0.15) is 6.04 Å². The number of nitrogens with one attached hydrogen (secondary N) is 2. The predicted octanol–water partition coefficient (Wildman–Crippen LogP) is 2.08. The molecule has 1 fully saturated rings. The van der Waals surface area contributed by atoms with Crippen molar-refractivity contribution in [3.8, 4) is 0 Å². The van der Waals surface area contributed by atoms with Crippen LogP contribution in [0.1, 0.15) is 36.6 Å². The van der Waals surface area contributed by atoms with Gasteiger partial charge in [0.2, 0.25) is 0 Å². The van der Waals surface area contributed by atoms with Gasteiger partial charge in [0.05, 0.1) is 0 Å². The summed E-state index contributed by atoms with van der Waals surface area (Å²) in [5.41, 5.74) is 3.37. The fourth-order valence-electron chi connectivity index (χ4n) is 2.09. The molecule has 0 aromatic heterocycles. The highest BCUT2D eigenvalue weighted by molar-refractivity contribution is 6.06. The third-order valence-corrected chi connectivity index (χ3v) is 3.36. The Kier molecular flexibility index (Phi) is 3.88. The normalized spacial score (nSPS) is 20.8. The molecule has 0 aliphatic carbocycles. The maximum Gasteiger partial charge on any atom is 0.253 e. The molecular formula is C15H21N3O. The number of carbonyl (C=O) groups is 1. The Morgan fingerprint density at radius 3 is 2.74 bits per heavy atom. The van der Waals surface area contributed by atoms with Crippen LogP contribution in [-0.4, -0.2) is 18.4 Å². The molecule has 102 valence electrons. The first-order valence-corrected chi connectivity index (χ1v) is 6.67. The highest BCUT2D eigenvalue weighted by Crippen LogP contribution is 2.22. The highest BCUT2D eigenvalue weighted by Gasteiger charge is 2.30. The lowest BCUT2D eigenvalue weighted by atomic mass is 9.98. The van der Waals surface area contributed by atoms with Gasteiger partial charge in [-0.3, -0.25) is 15.1 Å². The number of guanidine groups is 1. The fourth-order valence-corrected chi connectivity index (χ4v) is 2.09. The molecule has 1 saturated heterocycles. The molecule has 1 aliphatic rings. The summed E-state index contributed by atoms with van der Waals surface area (Å²) in [6.45, 7) is 9.01. The maximum absolute atomic E-state index is 12.0. The van der Waals surface area contributed by atoms with E-state index in [2.05, 4.69) is 42.5 Å². The van der Waals surface area contributed by atoms with Crippen LogP contribution in [0.2, 0.25) is 0 Å². The second kappa shape index (κ2) is 5.43. The van der Waals surface area contributed by atoms with Gasteiger partial charge < -0.3 is 5.32 Å². The van der Waals surface area contributed by atoms with Crippen LogP contribution in [0.25, 0.3) is 0 Å². The molecule has 1 aromatic rings. The second-order valence-electron chi connectivity index (χ2n) is 5.44. The van der Waals surface area contributed by atoms with E-state index in [-0.39, 0.29) is 11.9 Å². The van der Waals surface area contributed by atoms with E-state index in [1.807, 2.05) is 19.1 Å². The average molecular weight is 259 g/mol. The van der Waals surface area contributed by atoms with E-state index in [0.29, 0.717) is 18.4 Å². The number of aliphatic imine (C=N–C) groups is 1. The molecule has 2 N–H and O–H groups in total. The van der Waals surface area contributed by atoms with Gasteiger partial charge in [0.25, 0.3) is 5.91 Å². The van der Waals surface area contributed by atoms with E-state index in [9.17, 15) is 4.79 Å². The van der Waals surface area contributed by atoms with Crippen molar-refractivity contribution in [1.29, 1.82) is 0 Å². The lowest BCUT2D eigenvalue weighted by molar-refractivity contribution is -0.120. The number of hydrogen-bond donors (Lipinski definition) is 2. The van der Waals surface area contributed by atoms with Crippen molar-refractivity contribution in [3.63, 3.8) is 0 Å². The van der Waals surface area contributed by atoms with Gasteiger partial charge in [-0.15, -0.1) is 0 Å². The van der Waals surface area contributed by atoms with Crippen LogP contribution in [0.15, 0.2) is 23.2 Å². The van der Waals surface area contributed by atoms with Crippen LogP contribution in [0.3, 0.4) is 0 Å². The third-order valence-electron chi connectivity index (χ3n) is 3.36. The Bertz CT molecular complexity index is 520. The summed E-state index contributed by atoms with van der Waals surface area (Å²) < 4.78 is 0. The number of nitrogens with zero attached hydrogens (tertiary/aromatic N) is 1.